The standard InChI is InChI=1S/C19H18FN5O2/c20-14-2-1-3-16(10-14)25-22-11-17(24-25)19(26)23-15-6-4-13(5-7-15)18-12-21-8-9-27-18/h1-7,10-11,18,21H,8-9,12H2,(H,23,26). The van der Waals surface area contributed by atoms with Crippen molar-refractivity contribution in [1.82, 2.24) is 20.3 Å². The zero-order valence-corrected chi connectivity index (χ0v) is 14.4. The quantitative estimate of drug-likeness (QED) is 0.740. The van der Waals surface area contributed by atoms with E-state index in [0.717, 1.165) is 18.7 Å². The lowest BCUT2D eigenvalue weighted by atomic mass is 10.1. The second kappa shape index (κ2) is 7.65. The summed E-state index contributed by atoms with van der Waals surface area (Å²) in [6.07, 6.45) is 1.37. The first kappa shape index (κ1) is 17.3. The number of hydrogen-bond donors (Lipinski definition) is 2. The summed E-state index contributed by atoms with van der Waals surface area (Å²) in [5.41, 5.74) is 2.28. The summed E-state index contributed by atoms with van der Waals surface area (Å²) < 4.78 is 19.0. The van der Waals surface area contributed by atoms with Gasteiger partial charge in [-0.3, -0.25) is 4.79 Å². The van der Waals surface area contributed by atoms with E-state index < -0.39 is 5.82 Å². The number of rotatable bonds is 4. The maximum atomic E-state index is 13.3. The minimum absolute atomic E-state index is 0.0228. The van der Waals surface area contributed by atoms with Gasteiger partial charge in [-0.2, -0.15) is 9.90 Å². The molecule has 27 heavy (non-hydrogen) atoms. The fourth-order valence-electron chi connectivity index (χ4n) is 2.85. The number of nitrogens with one attached hydrogen (secondary N) is 2. The van der Waals surface area contributed by atoms with Crippen molar-refractivity contribution < 1.29 is 13.9 Å². The van der Waals surface area contributed by atoms with E-state index in [0.29, 0.717) is 18.0 Å². The van der Waals surface area contributed by atoms with Crippen molar-refractivity contribution in [1.29, 1.82) is 0 Å². The summed E-state index contributed by atoms with van der Waals surface area (Å²) in [6, 6.07) is 13.3. The van der Waals surface area contributed by atoms with Crippen LogP contribution >= 0.6 is 0 Å². The number of hydrogen-bond acceptors (Lipinski definition) is 5. The van der Waals surface area contributed by atoms with E-state index in [1.165, 1.54) is 23.1 Å². The van der Waals surface area contributed by atoms with E-state index in [1.54, 1.807) is 12.1 Å². The molecule has 8 heteroatoms. The van der Waals surface area contributed by atoms with Crippen LogP contribution in [0.4, 0.5) is 10.1 Å². The number of anilines is 1. The highest BCUT2D eigenvalue weighted by atomic mass is 19.1. The summed E-state index contributed by atoms with van der Waals surface area (Å²) in [7, 11) is 0. The van der Waals surface area contributed by atoms with Crippen molar-refractivity contribution in [3.63, 3.8) is 0 Å². The number of carbonyl (C=O) groups is 1. The van der Waals surface area contributed by atoms with Crippen LogP contribution in [0.25, 0.3) is 5.69 Å². The SMILES string of the molecule is O=C(Nc1ccc(C2CNCCO2)cc1)c1cnn(-c2cccc(F)c2)n1. The zero-order valence-electron chi connectivity index (χ0n) is 14.4. The lowest BCUT2D eigenvalue weighted by molar-refractivity contribution is 0.0277. The van der Waals surface area contributed by atoms with Crippen LogP contribution in [0, 0.1) is 5.82 Å². The molecule has 1 aliphatic rings. The van der Waals surface area contributed by atoms with Crippen molar-refractivity contribution in [2.45, 2.75) is 6.10 Å². The van der Waals surface area contributed by atoms with Crippen molar-refractivity contribution in [3.8, 4) is 5.69 Å². The van der Waals surface area contributed by atoms with Crippen LogP contribution in [0.1, 0.15) is 22.2 Å². The fourth-order valence-corrected chi connectivity index (χ4v) is 2.85. The fraction of sp³-hybridized carbons (Fsp3) is 0.211. The molecule has 1 atom stereocenters. The first-order chi connectivity index (χ1) is 13.2. The highest BCUT2D eigenvalue weighted by molar-refractivity contribution is 6.02. The van der Waals surface area contributed by atoms with E-state index in [4.69, 9.17) is 4.74 Å². The minimum atomic E-state index is -0.395. The maximum Gasteiger partial charge on any atom is 0.277 e. The average Bonchev–Trinajstić information content (AvgIpc) is 3.20. The average molecular weight is 367 g/mol. The largest absolute Gasteiger partial charge is 0.371 e. The van der Waals surface area contributed by atoms with Crippen LogP contribution < -0.4 is 10.6 Å². The van der Waals surface area contributed by atoms with E-state index in [9.17, 15) is 9.18 Å². The molecule has 1 fully saturated rings. The molecule has 4 rings (SSSR count). The van der Waals surface area contributed by atoms with Gasteiger partial charge in [-0.1, -0.05) is 18.2 Å². The number of nitrogens with zero attached hydrogens (tertiary/aromatic N) is 3. The number of carbonyl (C=O) groups excluding carboxylic acids is 1. The van der Waals surface area contributed by atoms with E-state index >= 15 is 0 Å². The molecule has 0 aliphatic carbocycles. The van der Waals surface area contributed by atoms with E-state index in [2.05, 4.69) is 20.8 Å². The summed E-state index contributed by atoms with van der Waals surface area (Å²) >= 11 is 0. The van der Waals surface area contributed by atoms with Gasteiger partial charge in [-0.15, -0.1) is 5.10 Å². The minimum Gasteiger partial charge on any atom is -0.371 e. The molecule has 0 saturated carbocycles. The Labute approximate surface area is 155 Å². The molecule has 2 N–H and O–H groups in total. The van der Waals surface area contributed by atoms with Gasteiger partial charge in [0.1, 0.15) is 5.82 Å². The Morgan fingerprint density at radius 1 is 1.26 bits per heavy atom. The van der Waals surface area contributed by atoms with Crippen LogP contribution in [0.5, 0.6) is 0 Å². The molecule has 0 bridgehead atoms. The lowest BCUT2D eigenvalue weighted by Gasteiger charge is -2.24. The smallest absolute Gasteiger partial charge is 0.277 e. The normalized spacial score (nSPS) is 16.9. The Bertz CT molecular complexity index is 935. The molecule has 1 aromatic heterocycles. The number of ether oxygens (including phenoxy) is 1. The molecule has 7 nitrogen and oxygen atoms in total. The number of amides is 1. The van der Waals surface area contributed by atoms with Gasteiger partial charge in [0.15, 0.2) is 5.69 Å². The van der Waals surface area contributed by atoms with E-state index in [-0.39, 0.29) is 17.7 Å². The summed E-state index contributed by atoms with van der Waals surface area (Å²) in [4.78, 5) is 13.6. The predicted octanol–water partition coefficient (Wildman–Crippen LogP) is 2.32. The Kier molecular flexibility index (Phi) is 4.91. The molecule has 2 aromatic carbocycles. The van der Waals surface area contributed by atoms with Gasteiger partial charge in [0.25, 0.3) is 5.91 Å². The molecule has 1 amide bonds. The van der Waals surface area contributed by atoms with Crippen molar-refractivity contribution >= 4 is 11.6 Å². The van der Waals surface area contributed by atoms with Crippen molar-refractivity contribution in [3.05, 3.63) is 71.8 Å². The zero-order chi connectivity index (χ0) is 18.6. The molecule has 1 aliphatic heterocycles. The van der Waals surface area contributed by atoms with Crippen LogP contribution in [0.3, 0.4) is 0 Å². The Hall–Kier alpha value is -3.10. The molecule has 1 unspecified atom stereocenters. The summed E-state index contributed by atoms with van der Waals surface area (Å²) in [5, 5.41) is 14.2. The topological polar surface area (TPSA) is 81.1 Å². The van der Waals surface area contributed by atoms with E-state index in [1.807, 2.05) is 24.3 Å². The van der Waals surface area contributed by atoms with Gasteiger partial charge in [0, 0.05) is 24.8 Å². The molecule has 3 aromatic rings. The molecule has 1 saturated heterocycles. The third kappa shape index (κ3) is 4.02. The van der Waals surface area contributed by atoms with Crippen LogP contribution in [0.15, 0.2) is 54.7 Å². The van der Waals surface area contributed by atoms with Gasteiger partial charge < -0.3 is 15.4 Å². The number of aromatic nitrogens is 3. The van der Waals surface area contributed by atoms with Gasteiger partial charge in [0.05, 0.1) is 24.6 Å². The van der Waals surface area contributed by atoms with Crippen LogP contribution in [0.2, 0.25) is 0 Å². The highest BCUT2D eigenvalue weighted by Crippen LogP contribution is 2.21. The second-order valence-corrected chi connectivity index (χ2v) is 6.14. The number of benzene rings is 2. The summed E-state index contributed by atoms with van der Waals surface area (Å²) in [5.74, 6) is -0.783. The molecule has 2 heterocycles. The van der Waals surface area contributed by atoms with Crippen molar-refractivity contribution in [2.24, 2.45) is 0 Å². The summed E-state index contributed by atoms with van der Waals surface area (Å²) in [6.45, 7) is 2.32. The Morgan fingerprint density at radius 3 is 2.85 bits per heavy atom. The van der Waals surface area contributed by atoms with Crippen LogP contribution in [-0.2, 0) is 4.74 Å². The molecule has 138 valence electrons. The van der Waals surface area contributed by atoms with Gasteiger partial charge in [-0.25, -0.2) is 4.39 Å². The lowest BCUT2D eigenvalue weighted by Crippen LogP contribution is -2.33. The van der Waals surface area contributed by atoms with Gasteiger partial charge >= 0.3 is 0 Å². The van der Waals surface area contributed by atoms with Gasteiger partial charge in [-0.05, 0) is 29.8 Å². The number of halogens is 1. The highest BCUT2D eigenvalue weighted by Gasteiger charge is 2.16. The number of morpholine rings is 1. The first-order valence-corrected chi connectivity index (χ1v) is 8.61. The molecule has 0 radical (unpaired) electrons. The monoisotopic (exact) mass is 367 g/mol. The molecular formula is C19H18FN5O2. The Balaban J connectivity index is 1.43. The Morgan fingerprint density at radius 2 is 2.11 bits per heavy atom. The third-order valence-electron chi connectivity index (χ3n) is 4.23. The molecular weight excluding hydrogens is 349 g/mol. The molecule has 0 spiro atoms. The third-order valence-corrected chi connectivity index (χ3v) is 4.23. The van der Waals surface area contributed by atoms with Crippen molar-refractivity contribution in [2.75, 3.05) is 25.0 Å². The maximum absolute atomic E-state index is 13.3. The van der Waals surface area contributed by atoms with Crippen LogP contribution in [-0.4, -0.2) is 40.6 Å². The van der Waals surface area contributed by atoms with Gasteiger partial charge in [0.2, 0.25) is 0 Å². The second-order valence-electron chi connectivity index (χ2n) is 6.14. The predicted molar refractivity (Wildman–Crippen MR) is 97.3 cm³/mol. The first-order valence-electron chi connectivity index (χ1n) is 8.61.